The smallest absolute Gasteiger partial charge is 0.237 e. The molecule has 1 amide bonds. The summed E-state index contributed by atoms with van der Waals surface area (Å²) in [5.41, 5.74) is 4.85. The highest BCUT2D eigenvalue weighted by Crippen LogP contribution is 2.35. The molecule has 0 fully saturated rings. The first-order chi connectivity index (χ1) is 9.83. The van der Waals surface area contributed by atoms with Crippen molar-refractivity contribution in [2.24, 2.45) is 11.7 Å². The number of nitrogens with two attached hydrogens (primary N) is 1. The van der Waals surface area contributed by atoms with Crippen LogP contribution < -0.4 is 11.1 Å². The Morgan fingerprint density at radius 3 is 2.67 bits per heavy atom. The molecule has 1 unspecified atom stereocenters. The number of hydrogen-bond acceptors (Lipinski definition) is 3. The van der Waals surface area contributed by atoms with E-state index in [4.69, 9.17) is 17.3 Å². The van der Waals surface area contributed by atoms with Crippen LogP contribution in [-0.4, -0.2) is 11.4 Å². The number of hydrogen-bond donors (Lipinski definition) is 2. The number of fused-ring (bicyclic) bond motifs is 1. The van der Waals surface area contributed by atoms with Gasteiger partial charge in [0.1, 0.15) is 0 Å². The molecule has 0 saturated heterocycles. The van der Waals surface area contributed by atoms with Crippen LogP contribution in [0.3, 0.4) is 0 Å². The van der Waals surface area contributed by atoms with Crippen LogP contribution in [0.25, 0.3) is 10.1 Å². The lowest BCUT2D eigenvalue weighted by Gasteiger charge is -2.29. The van der Waals surface area contributed by atoms with E-state index in [0.717, 1.165) is 20.0 Å². The number of primary amides is 1. The molecule has 0 radical (unpaired) electrons. The molecule has 3 nitrogen and oxygen atoms in total. The van der Waals surface area contributed by atoms with Gasteiger partial charge in [-0.05, 0) is 25.3 Å². The zero-order valence-electron chi connectivity index (χ0n) is 12.6. The summed E-state index contributed by atoms with van der Waals surface area (Å²) >= 11 is 8.07. The molecule has 0 saturated carbocycles. The van der Waals surface area contributed by atoms with Crippen molar-refractivity contribution in [3.63, 3.8) is 0 Å². The van der Waals surface area contributed by atoms with Gasteiger partial charge in [-0.3, -0.25) is 10.1 Å². The Morgan fingerprint density at radius 1 is 1.43 bits per heavy atom. The molecule has 2 aromatic rings. The summed E-state index contributed by atoms with van der Waals surface area (Å²) in [5, 5.41) is 5.12. The quantitative estimate of drug-likeness (QED) is 0.845. The lowest BCUT2D eigenvalue weighted by Crippen LogP contribution is -2.53. The number of rotatable bonds is 6. The molecule has 21 heavy (non-hydrogen) atoms. The zero-order chi connectivity index (χ0) is 15.6. The van der Waals surface area contributed by atoms with E-state index in [1.807, 2.05) is 25.1 Å². The third kappa shape index (κ3) is 3.57. The fraction of sp³-hybridized carbons (Fsp3) is 0.438. The molecular formula is C16H21ClN2OS. The van der Waals surface area contributed by atoms with E-state index in [1.54, 1.807) is 11.3 Å². The molecule has 0 bridgehead atoms. The third-order valence-corrected chi connectivity index (χ3v) is 5.32. The summed E-state index contributed by atoms with van der Waals surface area (Å²) in [5.74, 6) is 0.0568. The van der Waals surface area contributed by atoms with Gasteiger partial charge < -0.3 is 5.73 Å². The number of carbonyl (C=O) groups excluding carboxylic acids is 1. The number of halogens is 1. The van der Waals surface area contributed by atoms with Crippen LogP contribution in [0.4, 0.5) is 0 Å². The van der Waals surface area contributed by atoms with E-state index in [0.29, 0.717) is 18.9 Å². The van der Waals surface area contributed by atoms with Crippen LogP contribution in [0.1, 0.15) is 32.1 Å². The van der Waals surface area contributed by atoms with Gasteiger partial charge in [0.15, 0.2) is 0 Å². The first-order valence-electron chi connectivity index (χ1n) is 7.04. The molecule has 0 aliphatic carbocycles. The van der Waals surface area contributed by atoms with Crippen molar-refractivity contribution in [2.75, 3.05) is 0 Å². The monoisotopic (exact) mass is 324 g/mol. The summed E-state index contributed by atoms with van der Waals surface area (Å²) in [6, 6.07) is 8.04. The topological polar surface area (TPSA) is 55.1 Å². The third-order valence-electron chi connectivity index (χ3n) is 3.60. The molecule has 1 aromatic heterocycles. The summed E-state index contributed by atoms with van der Waals surface area (Å²) in [4.78, 5) is 12.8. The van der Waals surface area contributed by atoms with Gasteiger partial charge in [0, 0.05) is 21.5 Å². The van der Waals surface area contributed by atoms with Crippen molar-refractivity contribution in [2.45, 2.75) is 39.3 Å². The van der Waals surface area contributed by atoms with Crippen molar-refractivity contribution in [3.8, 4) is 0 Å². The van der Waals surface area contributed by atoms with E-state index in [1.165, 1.54) is 0 Å². The average molecular weight is 325 g/mol. The van der Waals surface area contributed by atoms with Crippen molar-refractivity contribution in [3.05, 3.63) is 34.2 Å². The van der Waals surface area contributed by atoms with Crippen molar-refractivity contribution in [1.29, 1.82) is 0 Å². The summed E-state index contributed by atoms with van der Waals surface area (Å²) in [6.07, 6.45) is 0.699. The van der Waals surface area contributed by atoms with Crippen LogP contribution in [0, 0.1) is 5.92 Å². The Kier molecular flexibility index (Phi) is 4.91. The largest absolute Gasteiger partial charge is 0.368 e. The van der Waals surface area contributed by atoms with E-state index < -0.39 is 5.54 Å². The van der Waals surface area contributed by atoms with E-state index in [9.17, 15) is 4.79 Å². The summed E-state index contributed by atoms with van der Waals surface area (Å²) in [7, 11) is 0. The fourth-order valence-corrected chi connectivity index (χ4v) is 3.97. The molecule has 0 aliphatic heterocycles. The minimum Gasteiger partial charge on any atom is -0.368 e. The predicted molar refractivity (Wildman–Crippen MR) is 90.7 cm³/mol. The lowest BCUT2D eigenvalue weighted by molar-refractivity contribution is -0.124. The van der Waals surface area contributed by atoms with E-state index >= 15 is 0 Å². The molecule has 0 aliphatic rings. The number of thiophene rings is 1. The summed E-state index contributed by atoms with van der Waals surface area (Å²) < 4.78 is 1.16. The molecule has 2 rings (SSSR count). The minimum atomic E-state index is -0.715. The standard InChI is InChI=1S/C16H21ClN2OS/c1-10(2)8-16(3,15(18)20)19-9-13-14(17)11-6-4-5-7-12(11)21-13/h4-7,10,19H,8-9H2,1-3H3,(H2,18,20). The van der Waals surface area contributed by atoms with Crippen molar-refractivity contribution in [1.82, 2.24) is 5.32 Å². The van der Waals surface area contributed by atoms with Gasteiger partial charge in [0.05, 0.1) is 10.6 Å². The Hall–Kier alpha value is -1.10. The van der Waals surface area contributed by atoms with Gasteiger partial charge in [-0.15, -0.1) is 11.3 Å². The SMILES string of the molecule is CC(C)CC(C)(NCc1sc2ccccc2c1Cl)C(N)=O. The van der Waals surface area contributed by atoms with Gasteiger partial charge >= 0.3 is 0 Å². The number of benzene rings is 1. The lowest BCUT2D eigenvalue weighted by atomic mass is 9.90. The Labute approximate surface area is 134 Å². The van der Waals surface area contributed by atoms with Crippen molar-refractivity contribution >= 4 is 38.9 Å². The normalized spacial score (nSPS) is 14.5. The van der Waals surface area contributed by atoms with Crippen LogP contribution >= 0.6 is 22.9 Å². The van der Waals surface area contributed by atoms with Crippen LogP contribution in [0.15, 0.2) is 24.3 Å². The molecule has 114 valence electrons. The molecular weight excluding hydrogens is 304 g/mol. The molecule has 0 spiro atoms. The molecule has 5 heteroatoms. The van der Waals surface area contributed by atoms with Gasteiger partial charge in [-0.2, -0.15) is 0 Å². The van der Waals surface area contributed by atoms with Crippen LogP contribution in [0.2, 0.25) is 5.02 Å². The first-order valence-corrected chi connectivity index (χ1v) is 8.24. The van der Waals surface area contributed by atoms with Crippen LogP contribution in [0.5, 0.6) is 0 Å². The van der Waals surface area contributed by atoms with Crippen molar-refractivity contribution < 1.29 is 4.79 Å². The van der Waals surface area contributed by atoms with Gasteiger partial charge in [0.25, 0.3) is 0 Å². The Morgan fingerprint density at radius 2 is 2.10 bits per heavy atom. The Balaban J connectivity index is 2.20. The maximum Gasteiger partial charge on any atom is 0.237 e. The second kappa shape index (κ2) is 6.34. The van der Waals surface area contributed by atoms with E-state index in [2.05, 4.69) is 25.2 Å². The highest BCUT2D eigenvalue weighted by atomic mass is 35.5. The average Bonchev–Trinajstić information content (AvgIpc) is 2.73. The van der Waals surface area contributed by atoms with E-state index in [-0.39, 0.29) is 5.91 Å². The van der Waals surface area contributed by atoms with Gasteiger partial charge in [-0.1, -0.05) is 43.6 Å². The number of amides is 1. The zero-order valence-corrected chi connectivity index (χ0v) is 14.1. The highest BCUT2D eigenvalue weighted by Gasteiger charge is 2.31. The molecule has 1 atom stereocenters. The van der Waals surface area contributed by atoms with Gasteiger partial charge in [0.2, 0.25) is 5.91 Å². The summed E-state index contributed by atoms with van der Waals surface area (Å²) in [6.45, 7) is 6.56. The first kappa shape index (κ1) is 16.3. The second-order valence-corrected chi connectivity index (χ2v) is 7.50. The highest BCUT2D eigenvalue weighted by molar-refractivity contribution is 7.19. The van der Waals surface area contributed by atoms with Gasteiger partial charge in [-0.25, -0.2) is 0 Å². The Bertz CT molecular complexity index is 653. The molecule has 3 N–H and O–H groups in total. The molecule has 1 heterocycles. The predicted octanol–water partition coefficient (Wildman–Crippen LogP) is 3.93. The fourth-order valence-electron chi connectivity index (χ4n) is 2.53. The number of carbonyl (C=O) groups is 1. The maximum absolute atomic E-state index is 11.8. The second-order valence-electron chi connectivity index (χ2n) is 5.98. The number of nitrogens with one attached hydrogen (secondary N) is 1. The maximum atomic E-state index is 11.8. The minimum absolute atomic E-state index is 0.326. The molecule has 1 aromatic carbocycles. The van der Waals surface area contributed by atoms with Crippen LogP contribution in [-0.2, 0) is 11.3 Å².